The van der Waals surface area contributed by atoms with Crippen LogP contribution in [0.5, 0.6) is 0 Å². The molecule has 1 aliphatic heterocycles. The van der Waals surface area contributed by atoms with E-state index in [9.17, 15) is 8.42 Å². The molecule has 3 aromatic heterocycles. The number of aliphatic imine (C=N–C) groups is 1. The zero-order valence-electron chi connectivity index (χ0n) is 18.6. The molecule has 11 nitrogen and oxygen atoms in total. The third-order valence-corrected chi connectivity index (χ3v) is 6.59. The molecule has 0 radical (unpaired) electrons. The predicted octanol–water partition coefficient (Wildman–Crippen LogP) is 1.37. The molecule has 1 saturated heterocycles. The van der Waals surface area contributed by atoms with Crippen LogP contribution in [0.15, 0.2) is 23.6 Å². The number of sulfonamides is 1. The molecule has 3 aromatic rings. The normalized spacial score (nSPS) is 17.8. The van der Waals surface area contributed by atoms with Gasteiger partial charge in [0.25, 0.3) is 0 Å². The van der Waals surface area contributed by atoms with Gasteiger partial charge in [-0.25, -0.2) is 27.7 Å². The Morgan fingerprint density at radius 1 is 1.28 bits per heavy atom. The number of H-pyrrole nitrogens is 1. The molecule has 1 atom stereocenters. The Kier molecular flexibility index (Phi) is 6.07. The molecule has 0 unspecified atom stereocenters. The first-order valence-corrected chi connectivity index (χ1v) is 12.1. The zero-order valence-corrected chi connectivity index (χ0v) is 19.4. The Morgan fingerprint density at radius 2 is 2.09 bits per heavy atom. The highest BCUT2D eigenvalue weighted by atomic mass is 32.2. The minimum absolute atomic E-state index is 0.0751. The molecule has 0 aliphatic carbocycles. The van der Waals surface area contributed by atoms with Gasteiger partial charge in [-0.05, 0) is 12.8 Å². The minimum atomic E-state index is -3.25. The Labute approximate surface area is 187 Å². The molecular weight excluding hydrogens is 430 g/mol. The van der Waals surface area contributed by atoms with Gasteiger partial charge in [0.1, 0.15) is 11.3 Å². The second-order valence-electron chi connectivity index (χ2n) is 8.01. The van der Waals surface area contributed by atoms with Gasteiger partial charge in [-0.3, -0.25) is 4.99 Å². The monoisotopic (exact) mass is 457 g/mol. The first kappa shape index (κ1) is 22.1. The highest BCUT2D eigenvalue weighted by molar-refractivity contribution is 7.88. The van der Waals surface area contributed by atoms with Crippen LogP contribution in [-0.2, 0) is 10.0 Å². The number of anilines is 2. The van der Waals surface area contributed by atoms with E-state index < -0.39 is 10.0 Å². The maximum atomic E-state index is 12.0. The van der Waals surface area contributed by atoms with Crippen LogP contribution >= 0.6 is 0 Å². The lowest BCUT2D eigenvalue weighted by Gasteiger charge is -2.32. The van der Waals surface area contributed by atoms with Crippen LogP contribution < -0.4 is 10.2 Å². The van der Waals surface area contributed by atoms with Gasteiger partial charge in [0, 0.05) is 64.4 Å². The van der Waals surface area contributed by atoms with Gasteiger partial charge in [0.2, 0.25) is 16.0 Å². The summed E-state index contributed by atoms with van der Waals surface area (Å²) in [7, 11) is 2.19. The van der Waals surface area contributed by atoms with Crippen molar-refractivity contribution in [3.8, 4) is 11.3 Å². The van der Waals surface area contributed by atoms with E-state index >= 15 is 0 Å². The Bertz CT molecular complexity index is 1250. The lowest BCUT2D eigenvalue weighted by Crippen LogP contribution is -2.44. The van der Waals surface area contributed by atoms with E-state index in [1.807, 2.05) is 25.2 Å². The van der Waals surface area contributed by atoms with E-state index in [4.69, 9.17) is 9.97 Å². The van der Waals surface area contributed by atoms with Crippen molar-refractivity contribution in [3.63, 3.8) is 0 Å². The van der Waals surface area contributed by atoms with Gasteiger partial charge in [-0.1, -0.05) is 0 Å². The molecule has 0 amide bonds. The molecule has 0 aromatic carbocycles. The maximum absolute atomic E-state index is 12.0. The van der Waals surface area contributed by atoms with Crippen LogP contribution in [-0.4, -0.2) is 90.4 Å². The third kappa shape index (κ3) is 4.55. The number of aromatic nitrogens is 5. The molecule has 4 rings (SSSR count). The Morgan fingerprint density at radius 3 is 2.81 bits per heavy atom. The summed E-state index contributed by atoms with van der Waals surface area (Å²) in [5.41, 5.74) is 3.53. The molecule has 0 saturated carbocycles. The number of hydrogen-bond acceptors (Lipinski definition) is 9. The number of rotatable bonds is 6. The number of piperidine rings is 1. The number of aromatic amines is 1. The van der Waals surface area contributed by atoms with Crippen LogP contribution in [0, 0.1) is 0 Å². The second kappa shape index (κ2) is 8.79. The fraction of sp³-hybridized carbons (Fsp3) is 0.450. The van der Waals surface area contributed by atoms with Crippen molar-refractivity contribution >= 4 is 39.2 Å². The van der Waals surface area contributed by atoms with E-state index in [1.165, 1.54) is 10.6 Å². The SMILES string of the molecule is CN=Cc1c[nH]c2ncc(-c3cnc(N(C)C)nc3N[C@H]3CCCN(S(C)(=O)=O)C3)nc12. The summed E-state index contributed by atoms with van der Waals surface area (Å²) in [6.45, 7) is 0.924. The molecular formula is C20H27N9O2S. The van der Waals surface area contributed by atoms with E-state index in [-0.39, 0.29) is 6.04 Å². The molecule has 32 heavy (non-hydrogen) atoms. The Balaban J connectivity index is 1.73. The quantitative estimate of drug-likeness (QED) is 0.530. The number of nitrogens with one attached hydrogen (secondary N) is 2. The molecule has 170 valence electrons. The largest absolute Gasteiger partial charge is 0.365 e. The van der Waals surface area contributed by atoms with Crippen molar-refractivity contribution in [1.82, 2.24) is 29.2 Å². The minimum Gasteiger partial charge on any atom is -0.365 e. The average molecular weight is 458 g/mol. The second-order valence-corrected chi connectivity index (χ2v) is 10.00. The number of hydrogen-bond donors (Lipinski definition) is 2. The first-order chi connectivity index (χ1) is 15.3. The van der Waals surface area contributed by atoms with Gasteiger partial charge < -0.3 is 15.2 Å². The molecule has 12 heteroatoms. The molecule has 0 bridgehead atoms. The molecule has 1 fully saturated rings. The van der Waals surface area contributed by atoms with Crippen molar-refractivity contribution in [2.45, 2.75) is 18.9 Å². The average Bonchev–Trinajstić information content (AvgIpc) is 3.16. The van der Waals surface area contributed by atoms with E-state index in [2.05, 4.69) is 25.3 Å². The smallest absolute Gasteiger partial charge is 0.226 e. The highest BCUT2D eigenvalue weighted by Crippen LogP contribution is 2.29. The Hall–Kier alpha value is -3.12. The summed E-state index contributed by atoms with van der Waals surface area (Å²) in [5, 5.41) is 3.44. The van der Waals surface area contributed by atoms with Crippen LogP contribution in [0.3, 0.4) is 0 Å². The summed E-state index contributed by atoms with van der Waals surface area (Å²) in [5.74, 6) is 1.14. The fourth-order valence-corrected chi connectivity index (χ4v) is 4.63. The molecule has 2 N–H and O–H groups in total. The van der Waals surface area contributed by atoms with E-state index in [0.29, 0.717) is 47.3 Å². The zero-order chi connectivity index (χ0) is 22.9. The lowest BCUT2D eigenvalue weighted by molar-refractivity contribution is 0.329. The lowest BCUT2D eigenvalue weighted by atomic mass is 10.1. The van der Waals surface area contributed by atoms with Gasteiger partial charge in [-0.2, -0.15) is 4.98 Å². The topological polar surface area (TPSA) is 132 Å². The maximum Gasteiger partial charge on any atom is 0.226 e. The van der Waals surface area contributed by atoms with Crippen molar-refractivity contribution in [2.24, 2.45) is 4.99 Å². The van der Waals surface area contributed by atoms with Crippen LogP contribution in [0.1, 0.15) is 18.4 Å². The summed E-state index contributed by atoms with van der Waals surface area (Å²) in [4.78, 5) is 27.4. The van der Waals surface area contributed by atoms with Gasteiger partial charge in [0.15, 0.2) is 5.65 Å². The summed E-state index contributed by atoms with van der Waals surface area (Å²) >= 11 is 0. The van der Waals surface area contributed by atoms with Crippen molar-refractivity contribution in [1.29, 1.82) is 0 Å². The molecule has 1 aliphatic rings. The predicted molar refractivity (Wildman–Crippen MR) is 126 cm³/mol. The van der Waals surface area contributed by atoms with Crippen molar-refractivity contribution in [3.05, 3.63) is 24.2 Å². The van der Waals surface area contributed by atoms with E-state index in [1.54, 1.807) is 25.7 Å². The van der Waals surface area contributed by atoms with Gasteiger partial charge in [-0.15, -0.1) is 0 Å². The fourth-order valence-electron chi connectivity index (χ4n) is 3.72. The van der Waals surface area contributed by atoms with E-state index in [0.717, 1.165) is 18.4 Å². The van der Waals surface area contributed by atoms with Crippen LogP contribution in [0.4, 0.5) is 11.8 Å². The summed E-state index contributed by atoms with van der Waals surface area (Å²) in [6.07, 6.45) is 9.80. The molecule has 0 spiro atoms. The van der Waals surface area contributed by atoms with Crippen LogP contribution in [0.2, 0.25) is 0 Å². The van der Waals surface area contributed by atoms with Crippen LogP contribution in [0.25, 0.3) is 22.4 Å². The van der Waals surface area contributed by atoms with Crippen molar-refractivity contribution in [2.75, 3.05) is 50.7 Å². The van der Waals surface area contributed by atoms with Gasteiger partial charge in [0.05, 0.1) is 23.7 Å². The van der Waals surface area contributed by atoms with Crippen molar-refractivity contribution < 1.29 is 8.42 Å². The summed E-state index contributed by atoms with van der Waals surface area (Å²) in [6, 6.07) is -0.0751. The number of nitrogens with zero attached hydrogens (tertiary/aromatic N) is 7. The highest BCUT2D eigenvalue weighted by Gasteiger charge is 2.27. The summed E-state index contributed by atoms with van der Waals surface area (Å²) < 4.78 is 25.6. The molecule has 4 heterocycles. The third-order valence-electron chi connectivity index (χ3n) is 5.32. The number of fused-ring (bicyclic) bond motifs is 1. The standard InChI is InChI=1S/C20H27N9O2S/c1-21-8-13-9-22-19-17(13)26-16(11-23-19)15-10-24-20(28(2)3)27-18(15)25-14-6-5-7-29(12-14)32(4,30)31/h8-11,14H,5-7,12H2,1-4H3,(H,22,23)(H,24,25,27)/t14-/m0/s1. The first-order valence-electron chi connectivity index (χ1n) is 10.3. The van der Waals surface area contributed by atoms with Gasteiger partial charge >= 0.3 is 0 Å².